The van der Waals surface area contributed by atoms with Crippen LogP contribution in [0.15, 0.2) is 35.4 Å². The minimum absolute atomic E-state index is 0.230. The SMILES string of the molecule is COC1OC2COC(c3ccccc3)O[C@@H]2C(N=[N+]=[N-])[C@H]1OC(C)=O. The Morgan fingerprint density at radius 3 is 2.72 bits per heavy atom. The molecule has 0 amide bonds. The second-order valence-electron chi connectivity index (χ2n) is 5.72. The Morgan fingerprint density at radius 1 is 1.32 bits per heavy atom. The summed E-state index contributed by atoms with van der Waals surface area (Å²) < 4.78 is 28.0. The van der Waals surface area contributed by atoms with Gasteiger partial charge in [0.1, 0.15) is 18.2 Å². The standard InChI is InChI=1S/C16H19N3O6/c1-9(20)23-14-12(18-19-17)13-11(24-16(14)21-2)8-22-15(25-13)10-6-4-3-5-7-10/h3-7,11-16H,8H2,1-2H3/t11?,12?,13-,14+,15?,16?/m0/s1. The van der Waals surface area contributed by atoms with E-state index in [2.05, 4.69) is 10.0 Å². The average Bonchev–Trinajstić information content (AvgIpc) is 2.63. The largest absolute Gasteiger partial charge is 0.457 e. The van der Waals surface area contributed by atoms with Crippen molar-refractivity contribution < 1.29 is 28.5 Å². The van der Waals surface area contributed by atoms with E-state index in [4.69, 9.17) is 29.2 Å². The van der Waals surface area contributed by atoms with Gasteiger partial charge in [-0.25, -0.2) is 0 Å². The third kappa shape index (κ3) is 3.76. The Bertz CT molecular complexity index is 651. The second kappa shape index (κ2) is 7.81. The van der Waals surface area contributed by atoms with Crippen LogP contribution in [0.5, 0.6) is 0 Å². The van der Waals surface area contributed by atoms with Gasteiger partial charge in [0.25, 0.3) is 0 Å². The lowest BCUT2D eigenvalue weighted by atomic mass is 9.95. The monoisotopic (exact) mass is 349 g/mol. The highest BCUT2D eigenvalue weighted by Crippen LogP contribution is 2.36. The number of fused-ring (bicyclic) bond motifs is 1. The van der Waals surface area contributed by atoms with Crippen LogP contribution >= 0.6 is 0 Å². The Kier molecular flexibility index (Phi) is 5.52. The van der Waals surface area contributed by atoms with Crippen molar-refractivity contribution in [3.8, 4) is 0 Å². The van der Waals surface area contributed by atoms with E-state index in [1.165, 1.54) is 14.0 Å². The van der Waals surface area contributed by atoms with Gasteiger partial charge >= 0.3 is 5.97 Å². The van der Waals surface area contributed by atoms with Gasteiger partial charge in [0, 0.05) is 24.5 Å². The van der Waals surface area contributed by atoms with Gasteiger partial charge in [-0.3, -0.25) is 4.79 Å². The Morgan fingerprint density at radius 2 is 2.08 bits per heavy atom. The van der Waals surface area contributed by atoms with E-state index < -0.39 is 42.9 Å². The predicted octanol–water partition coefficient (Wildman–Crippen LogP) is 2.08. The molecule has 0 aromatic heterocycles. The molecule has 0 saturated carbocycles. The van der Waals surface area contributed by atoms with E-state index in [1.54, 1.807) is 0 Å². The maximum absolute atomic E-state index is 11.4. The third-order valence-corrected chi connectivity index (χ3v) is 4.10. The average molecular weight is 349 g/mol. The lowest BCUT2D eigenvalue weighted by Crippen LogP contribution is -2.62. The van der Waals surface area contributed by atoms with E-state index in [1.807, 2.05) is 30.3 Å². The summed E-state index contributed by atoms with van der Waals surface area (Å²) in [5.41, 5.74) is 9.78. The molecule has 0 spiro atoms. The topological polar surface area (TPSA) is 112 Å². The molecule has 0 aliphatic carbocycles. The summed E-state index contributed by atoms with van der Waals surface area (Å²) in [5, 5.41) is 3.79. The molecule has 1 aromatic carbocycles. The quantitative estimate of drug-likeness (QED) is 0.356. The third-order valence-electron chi connectivity index (χ3n) is 4.10. The molecule has 1 aromatic rings. The molecule has 2 heterocycles. The first-order chi connectivity index (χ1) is 12.1. The Labute approximate surface area is 144 Å². The molecule has 2 saturated heterocycles. The summed E-state index contributed by atoms with van der Waals surface area (Å²) >= 11 is 0. The fourth-order valence-corrected chi connectivity index (χ4v) is 3.04. The van der Waals surface area contributed by atoms with Gasteiger partial charge < -0.3 is 23.7 Å². The first-order valence-corrected chi connectivity index (χ1v) is 7.85. The highest BCUT2D eigenvalue weighted by Gasteiger charge is 2.51. The van der Waals surface area contributed by atoms with Crippen LogP contribution in [0.25, 0.3) is 10.4 Å². The zero-order chi connectivity index (χ0) is 17.8. The molecule has 6 atom stereocenters. The zero-order valence-corrected chi connectivity index (χ0v) is 13.8. The van der Waals surface area contributed by atoms with E-state index in [9.17, 15) is 4.79 Å². The maximum Gasteiger partial charge on any atom is 0.303 e. The number of esters is 1. The summed E-state index contributed by atoms with van der Waals surface area (Å²) in [6.45, 7) is 1.50. The fraction of sp³-hybridized carbons (Fsp3) is 0.562. The number of hydrogen-bond acceptors (Lipinski definition) is 7. The number of methoxy groups -OCH3 is 1. The predicted molar refractivity (Wildman–Crippen MR) is 84.2 cm³/mol. The molecule has 0 bridgehead atoms. The molecule has 134 valence electrons. The van der Waals surface area contributed by atoms with Gasteiger partial charge in [-0.1, -0.05) is 35.4 Å². The van der Waals surface area contributed by atoms with Crippen LogP contribution < -0.4 is 0 Å². The smallest absolute Gasteiger partial charge is 0.303 e. The molecule has 9 heteroatoms. The van der Waals surface area contributed by atoms with Gasteiger partial charge in [0.15, 0.2) is 18.7 Å². The highest BCUT2D eigenvalue weighted by atomic mass is 16.8. The summed E-state index contributed by atoms with van der Waals surface area (Å²) in [5.74, 6) is -0.529. The molecule has 3 rings (SSSR count). The van der Waals surface area contributed by atoms with Crippen molar-refractivity contribution >= 4 is 5.97 Å². The molecule has 0 radical (unpaired) electrons. The van der Waals surface area contributed by atoms with Gasteiger partial charge in [-0.15, -0.1) is 0 Å². The number of carbonyl (C=O) groups is 1. The van der Waals surface area contributed by atoms with Crippen LogP contribution in [0.2, 0.25) is 0 Å². The molecule has 4 unspecified atom stereocenters. The van der Waals surface area contributed by atoms with Gasteiger partial charge in [-0.2, -0.15) is 0 Å². The van der Waals surface area contributed by atoms with Crippen LogP contribution in [0, 0.1) is 0 Å². The molecule has 2 fully saturated rings. The molecule has 2 aliphatic heterocycles. The summed E-state index contributed by atoms with van der Waals surface area (Å²) in [4.78, 5) is 14.3. The van der Waals surface area contributed by atoms with E-state index in [0.717, 1.165) is 5.56 Å². The van der Waals surface area contributed by atoms with E-state index in [-0.39, 0.29) is 6.61 Å². The number of carbonyl (C=O) groups excluding carboxylic acids is 1. The summed E-state index contributed by atoms with van der Waals surface area (Å²) in [6.07, 6.45) is -3.55. The minimum atomic E-state index is -0.908. The van der Waals surface area contributed by atoms with Crippen molar-refractivity contribution in [1.82, 2.24) is 0 Å². The van der Waals surface area contributed by atoms with Crippen molar-refractivity contribution in [3.63, 3.8) is 0 Å². The molecule has 0 N–H and O–H groups in total. The molecular formula is C16H19N3O6. The van der Waals surface area contributed by atoms with Gasteiger partial charge in [-0.05, 0) is 5.53 Å². The van der Waals surface area contributed by atoms with Crippen molar-refractivity contribution in [2.24, 2.45) is 5.11 Å². The summed E-state index contributed by atoms with van der Waals surface area (Å²) in [6, 6.07) is 8.59. The van der Waals surface area contributed by atoms with Crippen molar-refractivity contribution in [2.45, 2.75) is 43.9 Å². The number of benzene rings is 1. The number of hydrogen-bond donors (Lipinski definition) is 0. The lowest BCUT2D eigenvalue weighted by Gasteiger charge is -2.47. The van der Waals surface area contributed by atoms with Crippen LogP contribution in [-0.4, -0.2) is 50.3 Å². The molecule has 25 heavy (non-hydrogen) atoms. The normalized spacial score (nSPS) is 34.5. The zero-order valence-electron chi connectivity index (χ0n) is 13.8. The second-order valence-corrected chi connectivity index (χ2v) is 5.72. The fourth-order valence-electron chi connectivity index (χ4n) is 3.04. The molecule has 2 aliphatic rings. The Balaban J connectivity index is 1.86. The highest BCUT2D eigenvalue weighted by molar-refractivity contribution is 5.66. The maximum atomic E-state index is 11.4. The van der Waals surface area contributed by atoms with Crippen molar-refractivity contribution in [3.05, 3.63) is 46.3 Å². The van der Waals surface area contributed by atoms with E-state index in [0.29, 0.717) is 0 Å². The minimum Gasteiger partial charge on any atom is -0.457 e. The first kappa shape index (κ1) is 17.7. The number of azide groups is 1. The van der Waals surface area contributed by atoms with E-state index >= 15 is 0 Å². The molecular weight excluding hydrogens is 330 g/mol. The van der Waals surface area contributed by atoms with Crippen LogP contribution in [0.3, 0.4) is 0 Å². The first-order valence-electron chi connectivity index (χ1n) is 7.85. The molecule has 9 nitrogen and oxygen atoms in total. The number of rotatable bonds is 4. The van der Waals surface area contributed by atoms with Crippen LogP contribution in [-0.2, 0) is 28.5 Å². The van der Waals surface area contributed by atoms with Gasteiger partial charge in [0.2, 0.25) is 0 Å². The van der Waals surface area contributed by atoms with Crippen LogP contribution in [0.4, 0.5) is 0 Å². The van der Waals surface area contributed by atoms with Crippen LogP contribution in [0.1, 0.15) is 18.8 Å². The van der Waals surface area contributed by atoms with Crippen molar-refractivity contribution in [1.29, 1.82) is 0 Å². The Hall–Kier alpha value is -2.16. The lowest BCUT2D eigenvalue weighted by molar-refractivity contribution is -0.338. The van der Waals surface area contributed by atoms with Gasteiger partial charge in [0.05, 0.1) is 6.61 Å². The van der Waals surface area contributed by atoms with Crippen molar-refractivity contribution in [2.75, 3.05) is 13.7 Å². The summed E-state index contributed by atoms with van der Waals surface area (Å²) in [7, 11) is 1.42. The number of nitrogens with zero attached hydrogens (tertiary/aromatic N) is 3. The number of ether oxygens (including phenoxy) is 5.